The molecule has 2 nitrogen and oxygen atoms in total. The fourth-order valence-corrected chi connectivity index (χ4v) is 2.74. The Morgan fingerprint density at radius 3 is 2.71 bits per heavy atom. The van der Waals surface area contributed by atoms with E-state index in [2.05, 4.69) is 24.1 Å². The number of hydrogen-bond acceptors (Lipinski definition) is 2. The second-order valence-corrected chi connectivity index (χ2v) is 5.31. The summed E-state index contributed by atoms with van der Waals surface area (Å²) in [5.74, 6) is 0.836. The van der Waals surface area contributed by atoms with Gasteiger partial charge in [0.15, 0.2) is 0 Å². The van der Waals surface area contributed by atoms with Gasteiger partial charge in [-0.1, -0.05) is 20.3 Å². The molecule has 2 aliphatic rings. The summed E-state index contributed by atoms with van der Waals surface area (Å²) in [6.07, 6.45) is 5.73. The molecule has 1 N–H and O–H groups in total. The van der Waals surface area contributed by atoms with E-state index in [9.17, 15) is 0 Å². The molecule has 0 bridgehead atoms. The summed E-state index contributed by atoms with van der Waals surface area (Å²) in [5, 5.41) is 3.53. The summed E-state index contributed by atoms with van der Waals surface area (Å²) in [7, 11) is 0. The van der Waals surface area contributed by atoms with E-state index in [-0.39, 0.29) is 0 Å². The van der Waals surface area contributed by atoms with Crippen LogP contribution in [0.3, 0.4) is 0 Å². The summed E-state index contributed by atoms with van der Waals surface area (Å²) in [6, 6.07) is 1.75. The van der Waals surface area contributed by atoms with Crippen molar-refractivity contribution in [1.29, 1.82) is 0 Å². The molecule has 1 saturated carbocycles. The first-order valence-electron chi connectivity index (χ1n) is 6.24. The van der Waals surface area contributed by atoms with Gasteiger partial charge < -0.3 is 5.32 Å². The second kappa shape index (κ2) is 4.63. The molecule has 0 unspecified atom stereocenters. The van der Waals surface area contributed by atoms with Crippen molar-refractivity contribution >= 4 is 0 Å². The third kappa shape index (κ3) is 2.29. The number of nitrogens with zero attached hydrogens (tertiary/aromatic N) is 1. The Balaban J connectivity index is 1.88. The summed E-state index contributed by atoms with van der Waals surface area (Å²) >= 11 is 0. The monoisotopic (exact) mass is 196 g/mol. The average molecular weight is 196 g/mol. The van der Waals surface area contributed by atoms with Gasteiger partial charge in [0.05, 0.1) is 0 Å². The highest BCUT2D eigenvalue weighted by Gasteiger charge is 2.32. The van der Waals surface area contributed by atoms with Crippen LogP contribution in [0, 0.1) is 5.92 Å². The Labute approximate surface area is 88.1 Å². The Morgan fingerprint density at radius 1 is 1.36 bits per heavy atom. The van der Waals surface area contributed by atoms with Gasteiger partial charge in [-0.25, -0.2) is 0 Å². The minimum absolute atomic E-state index is 0.814. The van der Waals surface area contributed by atoms with Gasteiger partial charge >= 0.3 is 0 Å². The lowest BCUT2D eigenvalue weighted by atomic mass is 9.88. The van der Waals surface area contributed by atoms with Gasteiger partial charge in [0.1, 0.15) is 0 Å². The fraction of sp³-hybridized carbons (Fsp3) is 1.00. The molecule has 0 aromatic rings. The molecule has 14 heavy (non-hydrogen) atoms. The van der Waals surface area contributed by atoms with Gasteiger partial charge in [0.2, 0.25) is 0 Å². The third-order valence-corrected chi connectivity index (χ3v) is 3.68. The topological polar surface area (TPSA) is 15.3 Å². The molecule has 1 aliphatic heterocycles. The van der Waals surface area contributed by atoms with Gasteiger partial charge in [0, 0.05) is 31.7 Å². The average Bonchev–Trinajstić information content (AvgIpc) is 2.04. The molecule has 1 aliphatic carbocycles. The number of hydrogen-bond donors (Lipinski definition) is 1. The second-order valence-electron chi connectivity index (χ2n) is 5.31. The maximum atomic E-state index is 3.53. The van der Waals surface area contributed by atoms with E-state index in [0.29, 0.717) is 0 Å². The summed E-state index contributed by atoms with van der Waals surface area (Å²) < 4.78 is 0. The molecule has 1 heterocycles. The van der Waals surface area contributed by atoms with Crippen LogP contribution in [0.5, 0.6) is 0 Å². The van der Waals surface area contributed by atoms with Crippen molar-refractivity contribution in [1.82, 2.24) is 10.2 Å². The standard InChI is InChI=1S/C12H24N2/c1-10(2)8-12-9-13-6-7-14(12)11-4-3-5-11/h10-13H,3-9H2,1-2H3/t12-/m1/s1. The van der Waals surface area contributed by atoms with Crippen LogP contribution in [0.1, 0.15) is 39.5 Å². The lowest BCUT2D eigenvalue weighted by Gasteiger charge is -2.46. The zero-order valence-corrected chi connectivity index (χ0v) is 9.63. The maximum Gasteiger partial charge on any atom is 0.0226 e. The molecule has 1 saturated heterocycles. The predicted molar refractivity (Wildman–Crippen MR) is 60.5 cm³/mol. The Kier molecular flexibility index (Phi) is 3.45. The first kappa shape index (κ1) is 10.4. The van der Waals surface area contributed by atoms with Crippen LogP contribution in [0.25, 0.3) is 0 Å². The van der Waals surface area contributed by atoms with Gasteiger partial charge in [-0.2, -0.15) is 0 Å². The molecule has 1 atom stereocenters. The first-order valence-corrected chi connectivity index (χ1v) is 6.24. The zero-order chi connectivity index (χ0) is 9.97. The minimum atomic E-state index is 0.814. The molecule has 82 valence electrons. The summed E-state index contributed by atoms with van der Waals surface area (Å²) in [5.41, 5.74) is 0. The van der Waals surface area contributed by atoms with Crippen molar-refractivity contribution < 1.29 is 0 Å². The molecule has 2 fully saturated rings. The SMILES string of the molecule is CC(C)C[C@@H]1CNCCN1C1CCC1. The van der Waals surface area contributed by atoms with Crippen LogP contribution in [-0.2, 0) is 0 Å². The normalized spacial score (nSPS) is 30.6. The van der Waals surface area contributed by atoms with E-state index in [1.807, 2.05) is 0 Å². The lowest BCUT2D eigenvalue weighted by Crippen LogP contribution is -2.57. The van der Waals surface area contributed by atoms with Gasteiger partial charge in [-0.15, -0.1) is 0 Å². The van der Waals surface area contributed by atoms with E-state index in [4.69, 9.17) is 0 Å². The molecular weight excluding hydrogens is 172 g/mol. The smallest absolute Gasteiger partial charge is 0.0226 e. The molecule has 0 radical (unpaired) electrons. The van der Waals surface area contributed by atoms with E-state index >= 15 is 0 Å². The van der Waals surface area contributed by atoms with Crippen molar-refractivity contribution in [3.63, 3.8) is 0 Å². The predicted octanol–water partition coefficient (Wildman–Crippen LogP) is 1.86. The van der Waals surface area contributed by atoms with Crippen LogP contribution in [0.15, 0.2) is 0 Å². The van der Waals surface area contributed by atoms with Crippen LogP contribution in [-0.4, -0.2) is 36.6 Å². The molecule has 0 aromatic heterocycles. The lowest BCUT2D eigenvalue weighted by molar-refractivity contribution is 0.0507. The highest BCUT2D eigenvalue weighted by atomic mass is 15.2. The number of nitrogens with one attached hydrogen (secondary N) is 1. The van der Waals surface area contributed by atoms with Crippen LogP contribution in [0.2, 0.25) is 0 Å². The van der Waals surface area contributed by atoms with Crippen LogP contribution < -0.4 is 5.32 Å². The Bertz CT molecular complexity index is 175. The molecule has 0 aromatic carbocycles. The highest BCUT2D eigenvalue weighted by molar-refractivity contribution is 4.89. The van der Waals surface area contributed by atoms with E-state index in [1.54, 1.807) is 0 Å². The van der Waals surface area contributed by atoms with Gasteiger partial charge in [-0.05, 0) is 25.2 Å². The summed E-state index contributed by atoms with van der Waals surface area (Å²) in [6.45, 7) is 8.38. The molecule has 0 amide bonds. The molecule has 0 spiro atoms. The van der Waals surface area contributed by atoms with Gasteiger partial charge in [0.25, 0.3) is 0 Å². The van der Waals surface area contributed by atoms with Gasteiger partial charge in [-0.3, -0.25) is 4.90 Å². The third-order valence-electron chi connectivity index (χ3n) is 3.68. The first-order chi connectivity index (χ1) is 6.77. The fourth-order valence-electron chi connectivity index (χ4n) is 2.74. The number of piperazine rings is 1. The maximum absolute atomic E-state index is 3.53. The summed E-state index contributed by atoms with van der Waals surface area (Å²) in [4.78, 5) is 2.78. The zero-order valence-electron chi connectivity index (χ0n) is 9.63. The van der Waals surface area contributed by atoms with Crippen LogP contribution in [0.4, 0.5) is 0 Å². The minimum Gasteiger partial charge on any atom is -0.314 e. The largest absolute Gasteiger partial charge is 0.314 e. The van der Waals surface area contributed by atoms with Crippen molar-refractivity contribution in [3.05, 3.63) is 0 Å². The van der Waals surface area contributed by atoms with Crippen molar-refractivity contribution in [2.24, 2.45) is 5.92 Å². The van der Waals surface area contributed by atoms with Crippen molar-refractivity contribution in [2.45, 2.75) is 51.6 Å². The van der Waals surface area contributed by atoms with Crippen LogP contribution >= 0.6 is 0 Å². The highest BCUT2D eigenvalue weighted by Crippen LogP contribution is 2.28. The van der Waals surface area contributed by atoms with Crippen molar-refractivity contribution in [2.75, 3.05) is 19.6 Å². The molecular formula is C12H24N2. The molecule has 2 heteroatoms. The Morgan fingerprint density at radius 2 is 2.14 bits per heavy atom. The van der Waals surface area contributed by atoms with E-state index in [0.717, 1.165) is 18.0 Å². The molecule has 2 rings (SSSR count). The number of rotatable bonds is 3. The van der Waals surface area contributed by atoms with E-state index in [1.165, 1.54) is 45.3 Å². The van der Waals surface area contributed by atoms with Crippen molar-refractivity contribution in [3.8, 4) is 0 Å². The van der Waals surface area contributed by atoms with E-state index < -0.39 is 0 Å². The quantitative estimate of drug-likeness (QED) is 0.741. The Hall–Kier alpha value is -0.0800.